The van der Waals surface area contributed by atoms with Crippen LogP contribution in [-0.4, -0.2) is 32.3 Å². The predicted molar refractivity (Wildman–Crippen MR) is 80.3 cm³/mol. The zero-order valence-corrected chi connectivity index (χ0v) is 13.5. The second-order valence-corrected chi connectivity index (χ2v) is 7.62. The molecule has 21 heavy (non-hydrogen) atoms. The average Bonchev–Trinajstić information content (AvgIpc) is 2.46. The molecule has 5 nitrogen and oxygen atoms in total. The van der Waals surface area contributed by atoms with Crippen molar-refractivity contribution in [3.05, 3.63) is 29.8 Å². The molecule has 1 fully saturated rings. The molecule has 1 aromatic carbocycles. The molecular formula is C15H23NO4S. The van der Waals surface area contributed by atoms with Gasteiger partial charge in [-0.05, 0) is 25.0 Å². The Morgan fingerprint density at radius 3 is 2.62 bits per heavy atom. The van der Waals surface area contributed by atoms with Gasteiger partial charge >= 0.3 is 0 Å². The lowest BCUT2D eigenvalue weighted by atomic mass is 9.65. The maximum absolute atomic E-state index is 12.5. The van der Waals surface area contributed by atoms with E-state index in [1.807, 2.05) is 20.8 Å². The van der Waals surface area contributed by atoms with Gasteiger partial charge in [-0.1, -0.05) is 32.0 Å². The maximum atomic E-state index is 12.5. The number of ether oxygens (including phenoxy) is 1. The summed E-state index contributed by atoms with van der Waals surface area (Å²) in [5.74, 6) is 0. The van der Waals surface area contributed by atoms with Crippen LogP contribution in [0.5, 0.6) is 0 Å². The standard InChI is InChI=1S/C15H23NO4S/c1-4-20-14-9-13(15(14,2)3)16-21(18,19)12-8-6-5-7-11(12)10-17/h5-8,13-14,16-17H,4,9-10H2,1-3H3. The third-order valence-corrected chi connectivity index (χ3v) is 5.85. The highest BCUT2D eigenvalue weighted by molar-refractivity contribution is 7.89. The highest BCUT2D eigenvalue weighted by Gasteiger charge is 2.50. The minimum Gasteiger partial charge on any atom is -0.392 e. The van der Waals surface area contributed by atoms with E-state index >= 15 is 0 Å². The molecule has 1 aliphatic rings. The number of benzene rings is 1. The molecule has 0 amide bonds. The van der Waals surface area contributed by atoms with Gasteiger partial charge in [-0.2, -0.15) is 0 Å². The van der Waals surface area contributed by atoms with E-state index in [-0.39, 0.29) is 29.1 Å². The zero-order valence-electron chi connectivity index (χ0n) is 12.7. The van der Waals surface area contributed by atoms with Gasteiger partial charge in [0.1, 0.15) is 0 Å². The molecular weight excluding hydrogens is 290 g/mol. The van der Waals surface area contributed by atoms with Crippen LogP contribution >= 0.6 is 0 Å². The van der Waals surface area contributed by atoms with Gasteiger partial charge in [-0.15, -0.1) is 0 Å². The van der Waals surface area contributed by atoms with Gasteiger partial charge in [0.25, 0.3) is 0 Å². The fourth-order valence-corrected chi connectivity index (χ4v) is 4.35. The molecule has 0 bridgehead atoms. The normalized spacial score (nSPS) is 24.6. The molecule has 0 saturated heterocycles. The molecule has 1 saturated carbocycles. The van der Waals surface area contributed by atoms with Crippen molar-refractivity contribution in [1.82, 2.24) is 4.72 Å². The van der Waals surface area contributed by atoms with E-state index in [1.165, 1.54) is 6.07 Å². The summed E-state index contributed by atoms with van der Waals surface area (Å²) < 4.78 is 33.4. The van der Waals surface area contributed by atoms with Crippen molar-refractivity contribution in [3.8, 4) is 0 Å². The Hall–Kier alpha value is -0.950. The first kappa shape index (κ1) is 16.4. The molecule has 0 aromatic heterocycles. The Labute approximate surface area is 126 Å². The number of rotatable bonds is 6. The van der Waals surface area contributed by atoms with E-state index in [4.69, 9.17) is 4.74 Å². The zero-order chi connectivity index (χ0) is 15.7. The molecule has 0 spiro atoms. The molecule has 118 valence electrons. The topological polar surface area (TPSA) is 75.6 Å². The Balaban J connectivity index is 2.16. The summed E-state index contributed by atoms with van der Waals surface area (Å²) in [6.45, 7) is 6.27. The van der Waals surface area contributed by atoms with Gasteiger partial charge in [-0.25, -0.2) is 13.1 Å². The Morgan fingerprint density at radius 1 is 1.38 bits per heavy atom. The lowest BCUT2D eigenvalue weighted by molar-refractivity contribution is -0.108. The molecule has 0 heterocycles. The third kappa shape index (κ3) is 3.13. The van der Waals surface area contributed by atoms with E-state index in [0.717, 1.165) is 0 Å². The van der Waals surface area contributed by atoms with Crippen LogP contribution < -0.4 is 4.72 Å². The van der Waals surface area contributed by atoms with Crippen molar-refractivity contribution in [2.45, 2.75) is 50.8 Å². The van der Waals surface area contributed by atoms with E-state index in [0.29, 0.717) is 18.6 Å². The van der Waals surface area contributed by atoms with Crippen LogP contribution in [0, 0.1) is 5.41 Å². The molecule has 2 unspecified atom stereocenters. The Kier molecular flexibility index (Phi) is 4.72. The monoisotopic (exact) mass is 313 g/mol. The highest BCUT2D eigenvalue weighted by Crippen LogP contribution is 2.43. The maximum Gasteiger partial charge on any atom is 0.241 e. The minimum atomic E-state index is -3.64. The summed E-state index contributed by atoms with van der Waals surface area (Å²) in [7, 11) is -3.64. The van der Waals surface area contributed by atoms with Crippen molar-refractivity contribution >= 4 is 10.0 Å². The molecule has 1 aliphatic carbocycles. The second-order valence-electron chi connectivity index (χ2n) is 5.94. The van der Waals surface area contributed by atoms with Crippen LogP contribution in [0.2, 0.25) is 0 Å². The number of nitrogens with one attached hydrogen (secondary N) is 1. The molecule has 2 rings (SSSR count). The van der Waals surface area contributed by atoms with E-state index in [2.05, 4.69) is 4.72 Å². The van der Waals surface area contributed by atoms with Gasteiger partial charge in [-0.3, -0.25) is 0 Å². The Bertz CT molecular complexity index is 597. The van der Waals surface area contributed by atoms with E-state index in [1.54, 1.807) is 18.2 Å². The van der Waals surface area contributed by atoms with Gasteiger partial charge in [0, 0.05) is 18.1 Å². The van der Waals surface area contributed by atoms with E-state index < -0.39 is 10.0 Å². The van der Waals surface area contributed by atoms with Crippen LogP contribution in [0.15, 0.2) is 29.2 Å². The number of sulfonamides is 1. The van der Waals surface area contributed by atoms with Crippen LogP contribution in [0.4, 0.5) is 0 Å². The molecule has 0 aliphatic heterocycles. The van der Waals surface area contributed by atoms with Crippen LogP contribution in [0.25, 0.3) is 0 Å². The lowest BCUT2D eigenvalue weighted by Crippen LogP contribution is -2.61. The van der Waals surface area contributed by atoms with Gasteiger partial charge in [0.2, 0.25) is 10.0 Å². The Morgan fingerprint density at radius 2 is 2.05 bits per heavy atom. The van der Waals surface area contributed by atoms with Gasteiger partial charge in [0.15, 0.2) is 0 Å². The summed E-state index contributed by atoms with van der Waals surface area (Å²) >= 11 is 0. The number of hydrogen-bond donors (Lipinski definition) is 2. The van der Waals surface area contributed by atoms with E-state index in [9.17, 15) is 13.5 Å². The summed E-state index contributed by atoms with van der Waals surface area (Å²) in [4.78, 5) is 0.142. The quantitative estimate of drug-likeness (QED) is 0.837. The van der Waals surface area contributed by atoms with Gasteiger partial charge < -0.3 is 9.84 Å². The van der Waals surface area contributed by atoms with Gasteiger partial charge in [0.05, 0.1) is 17.6 Å². The first-order valence-corrected chi connectivity index (χ1v) is 8.64. The van der Waals surface area contributed by atoms with Crippen molar-refractivity contribution < 1.29 is 18.3 Å². The van der Waals surface area contributed by atoms with Crippen LogP contribution in [0.1, 0.15) is 32.8 Å². The fraction of sp³-hybridized carbons (Fsp3) is 0.600. The van der Waals surface area contributed by atoms with Crippen molar-refractivity contribution in [1.29, 1.82) is 0 Å². The minimum absolute atomic E-state index is 0.0725. The van der Waals surface area contributed by atoms with Crippen LogP contribution in [0.3, 0.4) is 0 Å². The molecule has 0 radical (unpaired) electrons. The smallest absolute Gasteiger partial charge is 0.241 e. The first-order chi connectivity index (χ1) is 9.82. The van der Waals surface area contributed by atoms with Crippen molar-refractivity contribution in [3.63, 3.8) is 0 Å². The average molecular weight is 313 g/mol. The molecule has 6 heteroatoms. The lowest BCUT2D eigenvalue weighted by Gasteiger charge is -2.51. The highest BCUT2D eigenvalue weighted by atomic mass is 32.2. The largest absolute Gasteiger partial charge is 0.392 e. The SMILES string of the molecule is CCOC1CC(NS(=O)(=O)c2ccccc2CO)C1(C)C. The summed E-state index contributed by atoms with van der Waals surface area (Å²) in [6, 6.07) is 6.33. The summed E-state index contributed by atoms with van der Waals surface area (Å²) in [5, 5.41) is 9.29. The van der Waals surface area contributed by atoms with Crippen LogP contribution in [-0.2, 0) is 21.4 Å². The third-order valence-electron chi connectivity index (χ3n) is 4.28. The number of aliphatic hydroxyl groups is 1. The molecule has 1 aromatic rings. The first-order valence-electron chi connectivity index (χ1n) is 7.15. The van der Waals surface area contributed by atoms with Crippen molar-refractivity contribution in [2.24, 2.45) is 5.41 Å². The fourth-order valence-electron chi connectivity index (χ4n) is 2.72. The molecule has 2 atom stereocenters. The molecule has 2 N–H and O–H groups in total. The predicted octanol–water partition coefficient (Wildman–Crippen LogP) is 1.66. The number of hydrogen-bond acceptors (Lipinski definition) is 4. The second kappa shape index (κ2) is 6.04. The number of aliphatic hydroxyl groups excluding tert-OH is 1. The summed E-state index contributed by atoms with van der Waals surface area (Å²) in [6.07, 6.45) is 0.741. The summed E-state index contributed by atoms with van der Waals surface area (Å²) in [5.41, 5.74) is 0.167. The van der Waals surface area contributed by atoms with Crippen molar-refractivity contribution in [2.75, 3.05) is 6.61 Å².